The van der Waals surface area contributed by atoms with E-state index in [9.17, 15) is 4.79 Å². The molecule has 0 spiro atoms. The number of hydrogen-bond donors (Lipinski definition) is 1. The van der Waals surface area contributed by atoms with Gasteiger partial charge in [-0.05, 0) is 49.7 Å². The Balaban J connectivity index is 1.53. The molecule has 0 bridgehead atoms. The molecule has 1 aromatic heterocycles. The van der Waals surface area contributed by atoms with Crippen molar-refractivity contribution in [3.63, 3.8) is 0 Å². The van der Waals surface area contributed by atoms with E-state index in [1.165, 1.54) is 5.56 Å². The van der Waals surface area contributed by atoms with Crippen LogP contribution in [0.5, 0.6) is 23.0 Å². The Morgan fingerprint density at radius 2 is 1.55 bits per heavy atom. The first-order chi connectivity index (χ1) is 15.1. The number of nitrogens with zero attached hydrogens (tertiary/aromatic N) is 2. The maximum Gasteiger partial charge on any atom is 0.261 e. The van der Waals surface area contributed by atoms with Crippen molar-refractivity contribution in [2.45, 2.75) is 19.4 Å². The molecule has 0 aliphatic heterocycles. The van der Waals surface area contributed by atoms with E-state index in [1.807, 2.05) is 18.2 Å². The van der Waals surface area contributed by atoms with Crippen LogP contribution in [0.2, 0.25) is 0 Å². The minimum atomic E-state index is -0.0868. The van der Waals surface area contributed by atoms with E-state index in [4.69, 9.17) is 18.9 Å². The van der Waals surface area contributed by atoms with Crippen molar-refractivity contribution in [3.05, 3.63) is 52.6 Å². The zero-order valence-corrected chi connectivity index (χ0v) is 18.4. The molecule has 0 unspecified atom stereocenters. The molecular formula is C23H29N3O5. The molecule has 1 heterocycles. The lowest BCUT2D eigenvalue weighted by Crippen LogP contribution is -2.24. The van der Waals surface area contributed by atoms with Crippen molar-refractivity contribution in [1.82, 2.24) is 14.9 Å². The monoisotopic (exact) mass is 427 g/mol. The van der Waals surface area contributed by atoms with Gasteiger partial charge < -0.3 is 24.3 Å². The number of methoxy groups -OCH3 is 4. The molecule has 0 aliphatic rings. The molecule has 0 aliphatic carbocycles. The first-order valence-electron chi connectivity index (χ1n) is 10.1. The van der Waals surface area contributed by atoms with Gasteiger partial charge in [-0.15, -0.1) is 0 Å². The minimum absolute atomic E-state index is 0.0868. The maximum atomic E-state index is 12.8. The van der Waals surface area contributed by atoms with Gasteiger partial charge in [0.05, 0.1) is 45.7 Å². The second-order valence-corrected chi connectivity index (χ2v) is 7.01. The Labute approximate surface area is 181 Å². The summed E-state index contributed by atoms with van der Waals surface area (Å²) < 4.78 is 22.8. The van der Waals surface area contributed by atoms with Gasteiger partial charge in [0.2, 0.25) is 0 Å². The van der Waals surface area contributed by atoms with Gasteiger partial charge in [-0.3, -0.25) is 9.36 Å². The van der Waals surface area contributed by atoms with Crippen LogP contribution in [-0.2, 0) is 13.0 Å². The van der Waals surface area contributed by atoms with Gasteiger partial charge in [0, 0.05) is 12.6 Å². The van der Waals surface area contributed by atoms with E-state index in [1.54, 1.807) is 51.5 Å². The largest absolute Gasteiger partial charge is 0.493 e. The lowest BCUT2D eigenvalue weighted by molar-refractivity contribution is 0.354. The summed E-state index contributed by atoms with van der Waals surface area (Å²) in [6.07, 6.45) is 3.27. The van der Waals surface area contributed by atoms with E-state index >= 15 is 0 Å². The van der Waals surface area contributed by atoms with E-state index in [-0.39, 0.29) is 5.56 Å². The highest BCUT2D eigenvalue weighted by atomic mass is 16.5. The molecule has 0 saturated carbocycles. The van der Waals surface area contributed by atoms with Crippen molar-refractivity contribution in [2.75, 3.05) is 41.5 Å². The minimum Gasteiger partial charge on any atom is -0.493 e. The zero-order chi connectivity index (χ0) is 22.2. The molecule has 0 atom stereocenters. The van der Waals surface area contributed by atoms with Crippen LogP contribution in [0.3, 0.4) is 0 Å². The lowest BCUT2D eigenvalue weighted by atomic mass is 10.1. The first-order valence-corrected chi connectivity index (χ1v) is 10.1. The van der Waals surface area contributed by atoms with Crippen LogP contribution in [0.15, 0.2) is 41.5 Å². The van der Waals surface area contributed by atoms with Crippen LogP contribution in [0.25, 0.3) is 10.9 Å². The van der Waals surface area contributed by atoms with Crippen molar-refractivity contribution >= 4 is 10.9 Å². The Kier molecular flexibility index (Phi) is 7.72. The molecule has 0 saturated heterocycles. The van der Waals surface area contributed by atoms with Gasteiger partial charge >= 0.3 is 0 Å². The Bertz CT molecular complexity index is 1080. The summed E-state index contributed by atoms with van der Waals surface area (Å²) in [6, 6.07) is 9.34. The number of rotatable bonds is 11. The van der Waals surface area contributed by atoms with Crippen LogP contribution in [0.1, 0.15) is 12.0 Å². The maximum absolute atomic E-state index is 12.8. The third kappa shape index (κ3) is 5.27. The Hall–Kier alpha value is -3.26. The Morgan fingerprint density at radius 3 is 2.26 bits per heavy atom. The molecular weight excluding hydrogens is 398 g/mol. The standard InChI is InChI=1S/C23H29N3O5/c1-28-19-7-6-16(12-20(19)29-2)8-10-24-9-5-11-26-15-25-18-14-22(31-4)21(30-3)13-17(18)23(26)27/h6-7,12-15,24H,5,8-11H2,1-4H3. The summed E-state index contributed by atoms with van der Waals surface area (Å²) in [7, 11) is 6.37. The van der Waals surface area contributed by atoms with Gasteiger partial charge in [-0.25, -0.2) is 4.98 Å². The number of aromatic nitrogens is 2. The van der Waals surface area contributed by atoms with E-state index in [2.05, 4.69) is 10.3 Å². The summed E-state index contributed by atoms with van der Waals surface area (Å²) in [5, 5.41) is 3.93. The van der Waals surface area contributed by atoms with Crippen LogP contribution in [-0.4, -0.2) is 51.1 Å². The van der Waals surface area contributed by atoms with Gasteiger partial charge in [0.1, 0.15) is 0 Å². The average Bonchev–Trinajstić information content (AvgIpc) is 2.81. The second-order valence-electron chi connectivity index (χ2n) is 7.01. The van der Waals surface area contributed by atoms with Gasteiger partial charge in [0.25, 0.3) is 5.56 Å². The fourth-order valence-electron chi connectivity index (χ4n) is 3.41. The first kappa shape index (κ1) is 22.4. The molecule has 2 aromatic carbocycles. The number of nitrogens with one attached hydrogen (secondary N) is 1. The molecule has 0 fully saturated rings. The highest BCUT2D eigenvalue weighted by molar-refractivity contribution is 5.81. The SMILES string of the molecule is COc1ccc(CCNCCCn2cnc3cc(OC)c(OC)cc3c2=O)cc1OC. The normalized spacial score (nSPS) is 10.8. The average molecular weight is 428 g/mol. The molecule has 166 valence electrons. The van der Waals surface area contributed by atoms with Crippen molar-refractivity contribution < 1.29 is 18.9 Å². The number of ether oxygens (including phenoxy) is 4. The van der Waals surface area contributed by atoms with Crippen LogP contribution in [0.4, 0.5) is 0 Å². The number of benzene rings is 2. The fourth-order valence-corrected chi connectivity index (χ4v) is 3.41. The predicted octanol–water partition coefficient (Wildman–Crippen LogP) is 2.65. The molecule has 8 heteroatoms. The summed E-state index contributed by atoms with van der Waals surface area (Å²) in [6.45, 7) is 2.21. The molecule has 8 nitrogen and oxygen atoms in total. The van der Waals surface area contributed by atoms with Crippen LogP contribution >= 0.6 is 0 Å². The smallest absolute Gasteiger partial charge is 0.261 e. The topological polar surface area (TPSA) is 83.8 Å². The summed E-state index contributed by atoms with van der Waals surface area (Å²) in [4.78, 5) is 17.2. The van der Waals surface area contributed by atoms with E-state index < -0.39 is 0 Å². The van der Waals surface area contributed by atoms with Gasteiger partial charge in [-0.1, -0.05) is 6.07 Å². The summed E-state index contributed by atoms with van der Waals surface area (Å²) >= 11 is 0. The molecule has 1 N–H and O–H groups in total. The highest BCUT2D eigenvalue weighted by Gasteiger charge is 2.11. The van der Waals surface area contributed by atoms with E-state index in [0.717, 1.165) is 37.4 Å². The second kappa shape index (κ2) is 10.7. The third-order valence-corrected chi connectivity index (χ3v) is 5.12. The van der Waals surface area contributed by atoms with Crippen LogP contribution < -0.4 is 29.8 Å². The molecule has 31 heavy (non-hydrogen) atoms. The van der Waals surface area contributed by atoms with Crippen molar-refractivity contribution in [3.8, 4) is 23.0 Å². The summed E-state index contributed by atoms with van der Waals surface area (Å²) in [5.41, 5.74) is 1.67. The third-order valence-electron chi connectivity index (χ3n) is 5.12. The fraction of sp³-hybridized carbons (Fsp3) is 0.391. The van der Waals surface area contributed by atoms with Crippen molar-refractivity contribution in [1.29, 1.82) is 0 Å². The molecule has 0 amide bonds. The predicted molar refractivity (Wildman–Crippen MR) is 120 cm³/mol. The highest BCUT2D eigenvalue weighted by Crippen LogP contribution is 2.30. The quantitative estimate of drug-likeness (QED) is 0.471. The number of hydrogen-bond acceptors (Lipinski definition) is 7. The lowest BCUT2D eigenvalue weighted by Gasteiger charge is -2.11. The summed E-state index contributed by atoms with van der Waals surface area (Å²) in [5.74, 6) is 2.53. The number of aryl methyl sites for hydroxylation is 1. The molecule has 3 rings (SSSR count). The van der Waals surface area contributed by atoms with E-state index in [0.29, 0.717) is 28.9 Å². The van der Waals surface area contributed by atoms with Crippen molar-refractivity contribution in [2.24, 2.45) is 0 Å². The van der Waals surface area contributed by atoms with Gasteiger partial charge in [0.15, 0.2) is 23.0 Å². The number of fused-ring (bicyclic) bond motifs is 1. The molecule has 0 radical (unpaired) electrons. The van der Waals surface area contributed by atoms with Gasteiger partial charge in [-0.2, -0.15) is 0 Å². The molecule has 3 aromatic rings. The Morgan fingerprint density at radius 1 is 0.871 bits per heavy atom. The van der Waals surface area contributed by atoms with Crippen LogP contribution in [0, 0.1) is 0 Å². The zero-order valence-electron chi connectivity index (χ0n) is 18.4.